The first-order chi connectivity index (χ1) is 14.7. The number of benzene rings is 1. The number of anilines is 1. The molecule has 2 amide bonds. The SMILES string of the molecule is Cc1ccc(NC(=O)N2Cc3[nH]cnc3C[C@H]2c2nc(-c3ccncc3)no2)cc1. The zero-order valence-electron chi connectivity index (χ0n) is 16.2. The maximum absolute atomic E-state index is 13.1. The number of carbonyl (C=O) groups is 1. The molecule has 0 saturated carbocycles. The van der Waals surface area contributed by atoms with Crippen molar-refractivity contribution in [3.8, 4) is 11.4 Å². The van der Waals surface area contributed by atoms with E-state index in [0.29, 0.717) is 24.7 Å². The molecule has 9 heteroatoms. The van der Waals surface area contributed by atoms with E-state index in [1.807, 2.05) is 43.3 Å². The minimum Gasteiger partial charge on any atom is -0.347 e. The number of imidazole rings is 1. The summed E-state index contributed by atoms with van der Waals surface area (Å²) in [6.45, 7) is 2.37. The molecule has 150 valence electrons. The second kappa shape index (κ2) is 7.43. The molecule has 1 aliphatic rings. The van der Waals surface area contributed by atoms with Gasteiger partial charge in [-0.25, -0.2) is 9.78 Å². The van der Waals surface area contributed by atoms with E-state index in [9.17, 15) is 4.79 Å². The summed E-state index contributed by atoms with van der Waals surface area (Å²) in [4.78, 5) is 30.9. The lowest BCUT2D eigenvalue weighted by molar-refractivity contribution is 0.155. The first-order valence-electron chi connectivity index (χ1n) is 9.57. The Morgan fingerprint density at radius 1 is 1.20 bits per heavy atom. The zero-order chi connectivity index (χ0) is 20.5. The lowest BCUT2D eigenvalue weighted by Gasteiger charge is -2.32. The van der Waals surface area contributed by atoms with Crippen molar-refractivity contribution in [2.45, 2.75) is 25.9 Å². The number of nitrogens with one attached hydrogen (secondary N) is 2. The number of nitrogens with zero attached hydrogens (tertiary/aromatic N) is 5. The van der Waals surface area contributed by atoms with Crippen LogP contribution in [0.5, 0.6) is 0 Å². The number of hydrogen-bond acceptors (Lipinski definition) is 6. The molecule has 30 heavy (non-hydrogen) atoms. The average Bonchev–Trinajstić information content (AvgIpc) is 3.44. The predicted molar refractivity (Wildman–Crippen MR) is 108 cm³/mol. The summed E-state index contributed by atoms with van der Waals surface area (Å²) in [5.41, 5.74) is 4.44. The first kappa shape index (κ1) is 18.0. The van der Waals surface area contributed by atoms with Gasteiger partial charge in [-0.05, 0) is 31.2 Å². The van der Waals surface area contributed by atoms with E-state index >= 15 is 0 Å². The summed E-state index contributed by atoms with van der Waals surface area (Å²) in [7, 11) is 0. The summed E-state index contributed by atoms with van der Waals surface area (Å²) >= 11 is 0. The molecule has 0 aliphatic carbocycles. The molecular formula is C21H19N7O2. The van der Waals surface area contributed by atoms with Crippen LogP contribution in [0.4, 0.5) is 10.5 Å². The smallest absolute Gasteiger partial charge is 0.322 e. The molecule has 1 atom stereocenters. The fourth-order valence-corrected chi connectivity index (χ4v) is 3.49. The van der Waals surface area contributed by atoms with Crippen molar-refractivity contribution in [3.63, 3.8) is 0 Å². The summed E-state index contributed by atoms with van der Waals surface area (Å²) in [5.74, 6) is 0.827. The number of urea groups is 1. The van der Waals surface area contributed by atoms with Gasteiger partial charge >= 0.3 is 6.03 Å². The van der Waals surface area contributed by atoms with Crippen molar-refractivity contribution in [3.05, 3.63) is 78.0 Å². The van der Waals surface area contributed by atoms with Crippen molar-refractivity contribution in [2.24, 2.45) is 0 Å². The number of H-pyrrole nitrogens is 1. The van der Waals surface area contributed by atoms with Gasteiger partial charge in [-0.3, -0.25) is 4.98 Å². The molecule has 0 saturated heterocycles. The lowest BCUT2D eigenvalue weighted by Crippen LogP contribution is -2.41. The van der Waals surface area contributed by atoms with Crippen LogP contribution in [-0.2, 0) is 13.0 Å². The van der Waals surface area contributed by atoms with Crippen LogP contribution >= 0.6 is 0 Å². The molecule has 3 aromatic heterocycles. The van der Waals surface area contributed by atoms with E-state index < -0.39 is 6.04 Å². The van der Waals surface area contributed by atoms with Crippen LogP contribution in [0.3, 0.4) is 0 Å². The standard InChI is InChI=1S/C21H19N7O2/c1-13-2-4-15(5-3-13)25-21(29)28-11-17-16(23-12-24-17)10-18(28)20-26-19(27-30-20)14-6-8-22-9-7-14/h2-9,12,18H,10-11H2,1H3,(H,23,24)(H,25,29)/t18-/m0/s1. The van der Waals surface area contributed by atoms with Crippen molar-refractivity contribution in [2.75, 3.05) is 5.32 Å². The fraction of sp³-hybridized carbons (Fsp3) is 0.190. The van der Waals surface area contributed by atoms with Crippen molar-refractivity contribution >= 4 is 11.7 Å². The number of amides is 2. The molecule has 9 nitrogen and oxygen atoms in total. The molecule has 0 unspecified atom stereocenters. The quantitative estimate of drug-likeness (QED) is 0.543. The Hall–Kier alpha value is -4.01. The monoisotopic (exact) mass is 401 g/mol. The Balaban J connectivity index is 1.45. The maximum atomic E-state index is 13.1. The molecule has 1 aromatic carbocycles. The second-order valence-electron chi connectivity index (χ2n) is 7.16. The molecule has 1 aliphatic heterocycles. The highest BCUT2D eigenvalue weighted by atomic mass is 16.5. The van der Waals surface area contributed by atoms with Crippen LogP contribution in [0, 0.1) is 6.92 Å². The minimum absolute atomic E-state index is 0.243. The maximum Gasteiger partial charge on any atom is 0.322 e. The van der Waals surface area contributed by atoms with Crippen molar-refractivity contribution in [1.82, 2.24) is 30.0 Å². The number of rotatable bonds is 3. The van der Waals surface area contributed by atoms with Gasteiger partial charge in [0.2, 0.25) is 11.7 Å². The van der Waals surface area contributed by atoms with Crippen LogP contribution in [-0.4, -0.2) is 36.0 Å². The highest BCUT2D eigenvalue weighted by molar-refractivity contribution is 5.89. The van der Waals surface area contributed by atoms with E-state index in [0.717, 1.165) is 28.2 Å². The predicted octanol–water partition coefficient (Wildman–Crippen LogP) is 3.49. The third kappa shape index (κ3) is 3.41. The molecule has 0 bridgehead atoms. The van der Waals surface area contributed by atoms with Gasteiger partial charge < -0.3 is 19.7 Å². The Labute approximate surface area is 172 Å². The Kier molecular flexibility index (Phi) is 4.47. The van der Waals surface area contributed by atoms with Gasteiger partial charge in [0.15, 0.2) is 0 Å². The minimum atomic E-state index is -0.422. The van der Waals surface area contributed by atoms with Crippen LogP contribution < -0.4 is 5.32 Å². The van der Waals surface area contributed by atoms with Gasteiger partial charge in [-0.15, -0.1) is 0 Å². The van der Waals surface area contributed by atoms with Crippen LogP contribution in [0.2, 0.25) is 0 Å². The van der Waals surface area contributed by atoms with Gasteiger partial charge in [0.25, 0.3) is 0 Å². The molecule has 2 N–H and O–H groups in total. The van der Waals surface area contributed by atoms with E-state index in [1.165, 1.54) is 0 Å². The summed E-state index contributed by atoms with van der Waals surface area (Å²) < 4.78 is 5.56. The van der Waals surface area contributed by atoms with Crippen molar-refractivity contribution < 1.29 is 9.32 Å². The van der Waals surface area contributed by atoms with Gasteiger partial charge in [0.1, 0.15) is 6.04 Å². The molecule has 0 spiro atoms. The highest BCUT2D eigenvalue weighted by Gasteiger charge is 2.36. The summed E-state index contributed by atoms with van der Waals surface area (Å²) in [6, 6.07) is 10.6. The fourth-order valence-electron chi connectivity index (χ4n) is 3.49. The topological polar surface area (TPSA) is 113 Å². The largest absolute Gasteiger partial charge is 0.347 e. The number of aromatic nitrogens is 5. The molecule has 0 fully saturated rings. The number of aryl methyl sites for hydroxylation is 1. The molecule has 4 heterocycles. The number of aromatic amines is 1. The number of fused-ring (bicyclic) bond motifs is 1. The Morgan fingerprint density at radius 2 is 2.00 bits per heavy atom. The third-order valence-electron chi connectivity index (χ3n) is 5.13. The van der Waals surface area contributed by atoms with Gasteiger partial charge in [-0.2, -0.15) is 4.98 Å². The lowest BCUT2D eigenvalue weighted by atomic mass is 10.0. The molecular weight excluding hydrogens is 382 g/mol. The molecule has 5 rings (SSSR count). The summed E-state index contributed by atoms with van der Waals surface area (Å²) in [5, 5.41) is 7.05. The van der Waals surface area contributed by atoms with E-state index in [-0.39, 0.29) is 6.03 Å². The normalized spacial score (nSPS) is 15.6. The second-order valence-corrected chi connectivity index (χ2v) is 7.16. The molecule has 4 aromatic rings. The van der Waals surface area contributed by atoms with Gasteiger partial charge in [-0.1, -0.05) is 22.9 Å². The molecule has 0 radical (unpaired) electrons. The third-order valence-corrected chi connectivity index (χ3v) is 5.13. The van der Waals surface area contributed by atoms with E-state index in [2.05, 4.69) is 30.4 Å². The number of pyridine rings is 1. The Bertz CT molecular complexity index is 1170. The number of hydrogen-bond donors (Lipinski definition) is 2. The summed E-state index contributed by atoms with van der Waals surface area (Å²) in [6.07, 6.45) is 5.46. The van der Waals surface area contributed by atoms with Gasteiger partial charge in [0, 0.05) is 30.1 Å². The van der Waals surface area contributed by atoms with Gasteiger partial charge in [0.05, 0.1) is 24.3 Å². The van der Waals surface area contributed by atoms with Crippen LogP contribution in [0.1, 0.15) is 28.9 Å². The zero-order valence-corrected chi connectivity index (χ0v) is 16.2. The van der Waals surface area contributed by atoms with Crippen LogP contribution in [0.25, 0.3) is 11.4 Å². The number of carbonyl (C=O) groups excluding carboxylic acids is 1. The highest BCUT2D eigenvalue weighted by Crippen LogP contribution is 2.32. The van der Waals surface area contributed by atoms with E-state index in [4.69, 9.17) is 4.52 Å². The first-order valence-corrected chi connectivity index (χ1v) is 9.57. The van der Waals surface area contributed by atoms with E-state index in [1.54, 1.807) is 23.6 Å². The average molecular weight is 401 g/mol. The van der Waals surface area contributed by atoms with Crippen molar-refractivity contribution in [1.29, 1.82) is 0 Å². The Morgan fingerprint density at radius 3 is 2.80 bits per heavy atom. The van der Waals surface area contributed by atoms with Crippen LogP contribution in [0.15, 0.2) is 59.6 Å².